The molecule has 1 aromatic carbocycles. The highest BCUT2D eigenvalue weighted by atomic mass is 16.2. The van der Waals surface area contributed by atoms with Crippen molar-refractivity contribution < 1.29 is 9.59 Å². The Morgan fingerprint density at radius 3 is 2.32 bits per heavy atom. The third kappa shape index (κ3) is 4.22. The van der Waals surface area contributed by atoms with Gasteiger partial charge in [0.2, 0.25) is 0 Å². The molecule has 2 amide bonds. The van der Waals surface area contributed by atoms with Gasteiger partial charge in [0, 0.05) is 30.9 Å². The van der Waals surface area contributed by atoms with Crippen molar-refractivity contribution in [3.05, 3.63) is 65.9 Å². The van der Waals surface area contributed by atoms with E-state index in [2.05, 4.69) is 25.7 Å². The average Bonchev–Trinajstić information content (AvgIpc) is 3.14. The SMILES string of the molecule is CCNC(=O)c1ccc(-c2ccc(C(=O)N[C@@H](C)c3ncnn3C)cc2)nc1. The van der Waals surface area contributed by atoms with E-state index in [0.29, 0.717) is 23.5 Å². The molecule has 0 radical (unpaired) electrons. The zero-order valence-corrected chi connectivity index (χ0v) is 16.0. The van der Waals surface area contributed by atoms with Crippen molar-refractivity contribution >= 4 is 11.8 Å². The summed E-state index contributed by atoms with van der Waals surface area (Å²) in [5, 5.41) is 9.66. The lowest BCUT2D eigenvalue weighted by molar-refractivity contribution is 0.0934. The van der Waals surface area contributed by atoms with Crippen molar-refractivity contribution in [1.82, 2.24) is 30.4 Å². The standard InChI is InChI=1S/C20H22N6O2/c1-4-21-19(27)16-9-10-17(22-11-16)14-5-7-15(8-6-14)20(28)25-13(2)18-23-12-24-26(18)3/h5-13H,4H2,1-3H3,(H,21,27)(H,25,28)/t13-/m0/s1. The monoisotopic (exact) mass is 378 g/mol. The molecule has 28 heavy (non-hydrogen) atoms. The number of aryl methyl sites for hydroxylation is 1. The van der Waals surface area contributed by atoms with Gasteiger partial charge in [-0.15, -0.1) is 0 Å². The molecule has 2 N–H and O–H groups in total. The van der Waals surface area contributed by atoms with Crippen molar-refractivity contribution in [2.45, 2.75) is 19.9 Å². The van der Waals surface area contributed by atoms with Gasteiger partial charge in [-0.2, -0.15) is 5.10 Å². The minimum absolute atomic E-state index is 0.148. The molecule has 0 aliphatic heterocycles. The van der Waals surface area contributed by atoms with E-state index in [1.54, 1.807) is 42.2 Å². The van der Waals surface area contributed by atoms with E-state index in [4.69, 9.17) is 0 Å². The number of benzene rings is 1. The molecule has 0 spiro atoms. The van der Waals surface area contributed by atoms with Crippen molar-refractivity contribution in [3.63, 3.8) is 0 Å². The predicted octanol–water partition coefficient (Wildman–Crippen LogP) is 2.12. The lowest BCUT2D eigenvalue weighted by Gasteiger charge is -2.13. The van der Waals surface area contributed by atoms with Crippen molar-refractivity contribution in [2.24, 2.45) is 7.05 Å². The second-order valence-corrected chi connectivity index (χ2v) is 6.31. The lowest BCUT2D eigenvalue weighted by atomic mass is 10.1. The fourth-order valence-electron chi connectivity index (χ4n) is 2.80. The number of amides is 2. The van der Waals surface area contributed by atoms with Crippen LogP contribution in [0.25, 0.3) is 11.3 Å². The topological polar surface area (TPSA) is 102 Å². The lowest BCUT2D eigenvalue weighted by Crippen LogP contribution is -2.28. The van der Waals surface area contributed by atoms with Gasteiger partial charge in [-0.1, -0.05) is 12.1 Å². The fraction of sp³-hybridized carbons (Fsp3) is 0.250. The van der Waals surface area contributed by atoms with Gasteiger partial charge in [0.1, 0.15) is 12.2 Å². The molecule has 0 fully saturated rings. The maximum absolute atomic E-state index is 12.5. The minimum Gasteiger partial charge on any atom is -0.352 e. The van der Waals surface area contributed by atoms with Crippen LogP contribution in [0.15, 0.2) is 48.9 Å². The van der Waals surface area contributed by atoms with Crippen molar-refractivity contribution in [2.75, 3.05) is 6.54 Å². The molecule has 144 valence electrons. The molecule has 0 unspecified atom stereocenters. The second-order valence-electron chi connectivity index (χ2n) is 6.31. The molecule has 1 atom stereocenters. The Morgan fingerprint density at radius 1 is 1.04 bits per heavy atom. The summed E-state index contributed by atoms with van der Waals surface area (Å²) in [6.45, 7) is 4.29. The summed E-state index contributed by atoms with van der Waals surface area (Å²) in [5.74, 6) is 0.341. The molecule has 3 aromatic rings. The molecule has 2 heterocycles. The number of carbonyl (C=O) groups is 2. The van der Waals surface area contributed by atoms with Crippen LogP contribution in [0.2, 0.25) is 0 Å². The number of hydrogen-bond acceptors (Lipinski definition) is 5. The number of nitrogens with one attached hydrogen (secondary N) is 2. The number of aromatic nitrogens is 4. The fourth-order valence-corrected chi connectivity index (χ4v) is 2.80. The first-order valence-electron chi connectivity index (χ1n) is 8.99. The van der Waals surface area contributed by atoms with E-state index in [1.807, 2.05) is 26.0 Å². The highest BCUT2D eigenvalue weighted by Crippen LogP contribution is 2.18. The molecule has 0 bridgehead atoms. The first-order chi connectivity index (χ1) is 13.5. The Morgan fingerprint density at radius 2 is 1.75 bits per heavy atom. The molecule has 3 rings (SSSR count). The van der Waals surface area contributed by atoms with Crippen LogP contribution in [-0.2, 0) is 7.05 Å². The van der Waals surface area contributed by atoms with Gasteiger partial charge in [-0.3, -0.25) is 19.3 Å². The second kappa shape index (κ2) is 8.43. The summed E-state index contributed by atoms with van der Waals surface area (Å²) in [6.07, 6.45) is 3.00. The highest BCUT2D eigenvalue weighted by molar-refractivity contribution is 5.95. The number of nitrogens with zero attached hydrogens (tertiary/aromatic N) is 4. The van der Waals surface area contributed by atoms with Gasteiger partial charge in [0.05, 0.1) is 17.3 Å². The highest BCUT2D eigenvalue weighted by Gasteiger charge is 2.15. The molecule has 0 aliphatic carbocycles. The van der Waals surface area contributed by atoms with Crippen LogP contribution in [0.5, 0.6) is 0 Å². The van der Waals surface area contributed by atoms with Crippen LogP contribution in [0.1, 0.15) is 46.4 Å². The van der Waals surface area contributed by atoms with E-state index in [9.17, 15) is 9.59 Å². The predicted molar refractivity (Wildman–Crippen MR) is 105 cm³/mol. The van der Waals surface area contributed by atoms with Crippen molar-refractivity contribution in [3.8, 4) is 11.3 Å². The Bertz CT molecular complexity index is 963. The molecule has 8 nitrogen and oxygen atoms in total. The van der Waals surface area contributed by atoms with Crippen LogP contribution in [0.4, 0.5) is 0 Å². The molecule has 0 aliphatic rings. The Balaban J connectivity index is 1.68. The summed E-state index contributed by atoms with van der Waals surface area (Å²) in [7, 11) is 1.78. The molecule has 0 saturated carbocycles. The van der Waals surface area contributed by atoms with Crippen LogP contribution < -0.4 is 10.6 Å². The van der Waals surface area contributed by atoms with Crippen LogP contribution in [-0.4, -0.2) is 38.1 Å². The first kappa shape index (κ1) is 19.2. The molecule has 8 heteroatoms. The third-order valence-corrected chi connectivity index (χ3v) is 4.29. The number of rotatable bonds is 6. The maximum atomic E-state index is 12.5. The van der Waals surface area contributed by atoms with E-state index in [-0.39, 0.29) is 17.9 Å². The molecular formula is C20H22N6O2. The summed E-state index contributed by atoms with van der Waals surface area (Å²) >= 11 is 0. The average molecular weight is 378 g/mol. The van der Waals surface area contributed by atoms with Crippen molar-refractivity contribution in [1.29, 1.82) is 0 Å². The van der Waals surface area contributed by atoms with E-state index < -0.39 is 0 Å². The zero-order valence-electron chi connectivity index (χ0n) is 16.0. The van der Waals surface area contributed by atoms with Gasteiger partial charge in [-0.05, 0) is 38.1 Å². The van der Waals surface area contributed by atoms with Gasteiger partial charge >= 0.3 is 0 Å². The first-order valence-corrected chi connectivity index (χ1v) is 8.99. The summed E-state index contributed by atoms with van der Waals surface area (Å²) < 4.78 is 1.63. The van der Waals surface area contributed by atoms with Gasteiger partial charge in [0.25, 0.3) is 11.8 Å². The number of pyridine rings is 1. The van der Waals surface area contributed by atoms with Gasteiger partial charge in [0.15, 0.2) is 0 Å². The summed E-state index contributed by atoms with van der Waals surface area (Å²) in [6, 6.07) is 10.4. The number of carbonyl (C=O) groups excluding carboxylic acids is 2. The van der Waals surface area contributed by atoms with Crippen LogP contribution in [0, 0.1) is 0 Å². The largest absolute Gasteiger partial charge is 0.352 e. The zero-order chi connectivity index (χ0) is 20.1. The van der Waals surface area contributed by atoms with E-state index >= 15 is 0 Å². The number of hydrogen-bond donors (Lipinski definition) is 2. The quantitative estimate of drug-likeness (QED) is 0.684. The molecule has 0 saturated heterocycles. The summed E-state index contributed by atoms with van der Waals surface area (Å²) in [5.41, 5.74) is 2.64. The van der Waals surface area contributed by atoms with Crippen LogP contribution in [0.3, 0.4) is 0 Å². The Labute approximate surface area is 163 Å². The Hall–Kier alpha value is -3.55. The summed E-state index contributed by atoms with van der Waals surface area (Å²) in [4.78, 5) is 32.7. The van der Waals surface area contributed by atoms with E-state index in [0.717, 1.165) is 11.3 Å². The minimum atomic E-state index is -0.261. The maximum Gasteiger partial charge on any atom is 0.252 e. The van der Waals surface area contributed by atoms with Crippen LogP contribution >= 0.6 is 0 Å². The third-order valence-electron chi connectivity index (χ3n) is 4.29. The van der Waals surface area contributed by atoms with Gasteiger partial charge in [-0.25, -0.2) is 4.98 Å². The normalized spacial score (nSPS) is 11.7. The van der Waals surface area contributed by atoms with Gasteiger partial charge < -0.3 is 10.6 Å². The molecular weight excluding hydrogens is 356 g/mol. The smallest absolute Gasteiger partial charge is 0.252 e. The van der Waals surface area contributed by atoms with E-state index in [1.165, 1.54) is 6.33 Å². The molecule has 2 aromatic heterocycles. The Kier molecular flexibility index (Phi) is 5.78.